The van der Waals surface area contributed by atoms with Crippen molar-refractivity contribution in [2.75, 3.05) is 11.9 Å². The zero-order valence-corrected chi connectivity index (χ0v) is 9.82. The van der Waals surface area contributed by atoms with Crippen LogP contribution in [0.3, 0.4) is 0 Å². The molecule has 1 unspecified atom stereocenters. The van der Waals surface area contributed by atoms with Crippen LogP contribution in [0.4, 0.5) is 5.95 Å². The quantitative estimate of drug-likeness (QED) is 0.813. The fraction of sp³-hybridized carbons (Fsp3) is 0.667. The first kappa shape index (κ1) is 11.3. The van der Waals surface area contributed by atoms with Crippen molar-refractivity contribution in [3.63, 3.8) is 0 Å². The lowest BCUT2D eigenvalue weighted by molar-refractivity contribution is 0.712. The topological polar surface area (TPSA) is 63.8 Å². The highest BCUT2D eigenvalue weighted by molar-refractivity contribution is 5.27. The molecule has 1 aliphatic rings. The third-order valence-electron chi connectivity index (χ3n) is 3.23. The van der Waals surface area contributed by atoms with E-state index in [0.29, 0.717) is 18.4 Å². The van der Waals surface area contributed by atoms with Crippen LogP contribution >= 0.6 is 0 Å². The summed E-state index contributed by atoms with van der Waals surface area (Å²) in [5, 5.41) is 3.16. The van der Waals surface area contributed by atoms with Crippen LogP contribution in [0.15, 0.2) is 12.4 Å². The molecule has 1 heterocycles. The standard InChI is InChI=1S/C12H20N4/c1-9(6-13)16-12-14-7-11(8-15-12)10-4-2-3-5-10/h7-10H,2-6,13H2,1H3,(H,14,15,16). The Morgan fingerprint density at radius 1 is 1.38 bits per heavy atom. The van der Waals surface area contributed by atoms with E-state index in [4.69, 9.17) is 5.73 Å². The minimum Gasteiger partial charge on any atom is -0.351 e. The van der Waals surface area contributed by atoms with Crippen molar-refractivity contribution in [1.82, 2.24) is 9.97 Å². The molecule has 0 amide bonds. The summed E-state index contributed by atoms with van der Waals surface area (Å²) < 4.78 is 0. The van der Waals surface area contributed by atoms with Gasteiger partial charge in [-0.1, -0.05) is 12.8 Å². The summed E-state index contributed by atoms with van der Waals surface area (Å²) in [6.07, 6.45) is 9.16. The lowest BCUT2D eigenvalue weighted by atomic mass is 10.0. The van der Waals surface area contributed by atoms with Crippen LogP contribution in [0.2, 0.25) is 0 Å². The van der Waals surface area contributed by atoms with Gasteiger partial charge in [-0.25, -0.2) is 9.97 Å². The van der Waals surface area contributed by atoms with Crippen molar-refractivity contribution in [2.24, 2.45) is 5.73 Å². The molecule has 1 fully saturated rings. The van der Waals surface area contributed by atoms with Crippen molar-refractivity contribution < 1.29 is 0 Å². The van der Waals surface area contributed by atoms with Gasteiger partial charge in [0.1, 0.15) is 0 Å². The maximum Gasteiger partial charge on any atom is 0.222 e. The van der Waals surface area contributed by atoms with E-state index >= 15 is 0 Å². The normalized spacial score (nSPS) is 18.6. The number of nitrogens with one attached hydrogen (secondary N) is 1. The lowest BCUT2D eigenvalue weighted by Crippen LogP contribution is -2.26. The van der Waals surface area contributed by atoms with Crippen LogP contribution < -0.4 is 11.1 Å². The number of hydrogen-bond acceptors (Lipinski definition) is 4. The Balaban J connectivity index is 1.98. The summed E-state index contributed by atoms with van der Waals surface area (Å²) in [7, 11) is 0. The molecule has 16 heavy (non-hydrogen) atoms. The number of nitrogens with two attached hydrogens (primary N) is 1. The maximum absolute atomic E-state index is 5.53. The van der Waals surface area contributed by atoms with E-state index in [9.17, 15) is 0 Å². The number of rotatable bonds is 4. The molecule has 1 aliphatic carbocycles. The molecule has 2 rings (SSSR count). The highest BCUT2D eigenvalue weighted by Crippen LogP contribution is 2.33. The maximum atomic E-state index is 5.53. The van der Waals surface area contributed by atoms with Crippen molar-refractivity contribution in [3.8, 4) is 0 Å². The zero-order valence-electron chi connectivity index (χ0n) is 9.82. The predicted molar refractivity (Wildman–Crippen MR) is 65.4 cm³/mol. The van der Waals surface area contributed by atoms with Gasteiger partial charge < -0.3 is 11.1 Å². The first-order valence-electron chi connectivity index (χ1n) is 6.08. The van der Waals surface area contributed by atoms with Gasteiger partial charge in [0.25, 0.3) is 0 Å². The highest BCUT2D eigenvalue weighted by atomic mass is 15.1. The Bertz CT molecular complexity index is 316. The molecule has 3 N–H and O–H groups in total. The number of nitrogens with zero attached hydrogens (tertiary/aromatic N) is 2. The Kier molecular flexibility index (Phi) is 3.72. The molecule has 1 saturated carbocycles. The SMILES string of the molecule is CC(CN)Nc1ncc(C2CCCC2)cn1. The molecule has 4 heteroatoms. The third-order valence-corrected chi connectivity index (χ3v) is 3.23. The van der Waals surface area contributed by atoms with Crippen LogP contribution in [-0.2, 0) is 0 Å². The second-order valence-electron chi connectivity index (χ2n) is 4.60. The van der Waals surface area contributed by atoms with Gasteiger partial charge in [0.05, 0.1) is 0 Å². The molecule has 0 spiro atoms. The van der Waals surface area contributed by atoms with Crippen LogP contribution in [-0.4, -0.2) is 22.6 Å². The molecule has 4 nitrogen and oxygen atoms in total. The van der Waals surface area contributed by atoms with E-state index in [1.54, 1.807) is 0 Å². The summed E-state index contributed by atoms with van der Waals surface area (Å²) in [5.41, 5.74) is 6.81. The van der Waals surface area contributed by atoms with Crippen molar-refractivity contribution in [3.05, 3.63) is 18.0 Å². The first-order chi connectivity index (χ1) is 7.79. The molecular weight excluding hydrogens is 200 g/mol. The summed E-state index contributed by atoms with van der Waals surface area (Å²) in [5.74, 6) is 1.36. The van der Waals surface area contributed by atoms with E-state index in [1.165, 1.54) is 31.2 Å². The summed E-state index contributed by atoms with van der Waals surface area (Å²) in [6.45, 7) is 2.61. The van der Waals surface area contributed by atoms with Crippen LogP contribution in [0.5, 0.6) is 0 Å². The van der Waals surface area contributed by atoms with Gasteiger partial charge in [0, 0.05) is 25.0 Å². The van der Waals surface area contributed by atoms with Crippen LogP contribution in [0.1, 0.15) is 44.1 Å². The number of aromatic nitrogens is 2. The first-order valence-corrected chi connectivity index (χ1v) is 6.08. The molecule has 0 saturated heterocycles. The van der Waals surface area contributed by atoms with Crippen molar-refractivity contribution in [1.29, 1.82) is 0 Å². The van der Waals surface area contributed by atoms with Crippen molar-refractivity contribution >= 4 is 5.95 Å². The largest absolute Gasteiger partial charge is 0.351 e. The van der Waals surface area contributed by atoms with E-state index in [-0.39, 0.29) is 6.04 Å². The van der Waals surface area contributed by atoms with E-state index in [1.807, 2.05) is 19.3 Å². The molecular formula is C12H20N4. The fourth-order valence-electron chi connectivity index (χ4n) is 2.16. The van der Waals surface area contributed by atoms with Crippen LogP contribution in [0, 0.1) is 0 Å². The van der Waals surface area contributed by atoms with Crippen LogP contribution in [0.25, 0.3) is 0 Å². The van der Waals surface area contributed by atoms with Gasteiger partial charge in [-0.3, -0.25) is 0 Å². The monoisotopic (exact) mass is 220 g/mol. The van der Waals surface area contributed by atoms with Crippen molar-refractivity contribution in [2.45, 2.75) is 44.6 Å². The van der Waals surface area contributed by atoms with E-state index in [0.717, 1.165) is 0 Å². The summed E-state index contributed by atoms with van der Waals surface area (Å²) in [4.78, 5) is 8.67. The zero-order chi connectivity index (χ0) is 11.4. The molecule has 1 aromatic heterocycles. The minimum atomic E-state index is 0.220. The fourth-order valence-corrected chi connectivity index (χ4v) is 2.16. The average molecular weight is 220 g/mol. The predicted octanol–water partition coefficient (Wildman–Crippen LogP) is 1.89. The number of hydrogen-bond donors (Lipinski definition) is 2. The molecule has 0 aliphatic heterocycles. The van der Waals surface area contributed by atoms with Gasteiger partial charge >= 0.3 is 0 Å². The lowest BCUT2D eigenvalue weighted by Gasteiger charge is -2.12. The molecule has 1 atom stereocenters. The molecule has 88 valence electrons. The van der Waals surface area contributed by atoms with Gasteiger partial charge in [0.2, 0.25) is 5.95 Å². The minimum absolute atomic E-state index is 0.220. The van der Waals surface area contributed by atoms with Gasteiger partial charge in [-0.15, -0.1) is 0 Å². The smallest absolute Gasteiger partial charge is 0.222 e. The van der Waals surface area contributed by atoms with E-state index < -0.39 is 0 Å². The Morgan fingerprint density at radius 2 is 2.00 bits per heavy atom. The summed E-state index contributed by atoms with van der Waals surface area (Å²) in [6, 6.07) is 0.220. The Morgan fingerprint density at radius 3 is 2.56 bits per heavy atom. The molecule has 0 aromatic carbocycles. The Labute approximate surface area is 96.7 Å². The second-order valence-corrected chi connectivity index (χ2v) is 4.60. The van der Waals surface area contributed by atoms with E-state index in [2.05, 4.69) is 15.3 Å². The average Bonchev–Trinajstić information content (AvgIpc) is 2.83. The second kappa shape index (κ2) is 5.25. The Hall–Kier alpha value is -1.16. The number of anilines is 1. The molecule has 1 aromatic rings. The molecule has 0 bridgehead atoms. The molecule has 0 radical (unpaired) electrons. The summed E-state index contributed by atoms with van der Waals surface area (Å²) >= 11 is 0. The highest BCUT2D eigenvalue weighted by Gasteiger charge is 2.17. The third kappa shape index (κ3) is 2.70. The van der Waals surface area contributed by atoms with Gasteiger partial charge in [0.15, 0.2) is 0 Å². The van der Waals surface area contributed by atoms with Gasteiger partial charge in [-0.2, -0.15) is 0 Å². The van der Waals surface area contributed by atoms with Gasteiger partial charge in [-0.05, 0) is 31.2 Å².